The van der Waals surface area contributed by atoms with Gasteiger partial charge in [0.15, 0.2) is 0 Å². The third kappa shape index (κ3) is 1.89. The molecule has 106 valence electrons. The number of aryl methyl sites for hydroxylation is 1. The van der Waals surface area contributed by atoms with Crippen LogP contribution in [0, 0.1) is 0 Å². The van der Waals surface area contributed by atoms with Crippen molar-refractivity contribution in [1.82, 2.24) is 9.88 Å². The van der Waals surface area contributed by atoms with Gasteiger partial charge in [-0.15, -0.1) is 0 Å². The molecule has 3 rings (SSSR count). The Morgan fingerprint density at radius 1 is 1.45 bits per heavy atom. The van der Waals surface area contributed by atoms with Gasteiger partial charge in [-0.2, -0.15) is 0 Å². The average Bonchev–Trinajstić information content (AvgIpc) is 2.60. The molecule has 1 aliphatic heterocycles. The Hall–Kier alpha value is -0.710. The van der Waals surface area contributed by atoms with Crippen molar-refractivity contribution >= 4 is 55.9 Å². The van der Waals surface area contributed by atoms with E-state index in [0.29, 0.717) is 16.6 Å². The maximum absolute atomic E-state index is 12.1. The van der Waals surface area contributed by atoms with Crippen LogP contribution in [0.1, 0.15) is 24.1 Å². The van der Waals surface area contributed by atoms with Gasteiger partial charge >= 0.3 is 0 Å². The molecule has 3 nitrogen and oxygen atoms in total. The van der Waals surface area contributed by atoms with Gasteiger partial charge in [0.2, 0.25) is 5.91 Å². The number of fused-ring (bicyclic) bond motifs is 3. The molecule has 2 heterocycles. The van der Waals surface area contributed by atoms with Crippen LogP contribution in [0.15, 0.2) is 10.5 Å². The summed E-state index contributed by atoms with van der Waals surface area (Å²) >= 11 is 16.1. The first kappa shape index (κ1) is 14.2. The van der Waals surface area contributed by atoms with E-state index in [9.17, 15) is 4.79 Å². The molecule has 0 aliphatic carbocycles. The van der Waals surface area contributed by atoms with Gasteiger partial charge in [-0.25, -0.2) is 0 Å². The van der Waals surface area contributed by atoms with Crippen molar-refractivity contribution in [3.05, 3.63) is 31.8 Å². The second-order valence-corrected chi connectivity index (χ2v) is 6.70. The predicted octanol–water partition coefficient (Wildman–Crippen LogP) is 4.02. The molecule has 0 radical (unpaired) electrons. The first-order valence-electron chi connectivity index (χ1n) is 6.35. The molecule has 2 aromatic rings. The van der Waals surface area contributed by atoms with Gasteiger partial charge in [-0.1, -0.05) is 39.1 Å². The van der Waals surface area contributed by atoms with E-state index in [2.05, 4.69) is 25.8 Å². The smallest absolute Gasteiger partial charge is 0.227 e. The largest absolute Gasteiger partial charge is 0.355 e. The minimum Gasteiger partial charge on any atom is -0.355 e. The lowest BCUT2D eigenvalue weighted by Crippen LogP contribution is -2.26. The van der Waals surface area contributed by atoms with Crippen molar-refractivity contribution in [3.8, 4) is 0 Å². The first-order chi connectivity index (χ1) is 9.43. The number of halogens is 3. The number of amides is 1. The third-order valence-electron chi connectivity index (χ3n) is 3.95. The third-order valence-corrected chi connectivity index (χ3v) is 5.36. The van der Waals surface area contributed by atoms with Gasteiger partial charge in [0.05, 0.1) is 21.5 Å². The Labute approximate surface area is 135 Å². The van der Waals surface area contributed by atoms with Gasteiger partial charge in [-0.3, -0.25) is 4.79 Å². The molecular weight excluding hydrogens is 363 g/mol. The minimum atomic E-state index is -0.204. The van der Waals surface area contributed by atoms with Crippen LogP contribution in [-0.2, 0) is 18.3 Å². The number of nitrogens with zero attached hydrogens (tertiary/aromatic N) is 1. The summed E-state index contributed by atoms with van der Waals surface area (Å²) in [6, 6.07) is 1.79. The van der Waals surface area contributed by atoms with Gasteiger partial charge < -0.3 is 9.88 Å². The predicted molar refractivity (Wildman–Crippen MR) is 85.8 cm³/mol. The monoisotopic (exact) mass is 374 g/mol. The van der Waals surface area contributed by atoms with Gasteiger partial charge in [-0.05, 0) is 18.6 Å². The van der Waals surface area contributed by atoms with Crippen molar-refractivity contribution in [1.29, 1.82) is 0 Å². The molecule has 1 atom stereocenters. The maximum atomic E-state index is 12.1. The van der Waals surface area contributed by atoms with Crippen LogP contribution in [-0.4, -0.2) is 17.0 Å². The van der Waals surface area contributed by atoms with Crippen LogP contribution < -0.4 is 5.32 Å². The highest BCUT2D eigenvalue weighted by molar-refractivity contribution is 9.10. The zero-order chi connectivity index (χ0) is 14.6. The number of rotatable bonds is 0. The van der Waals surface area contributed by atoms with E-state index in [-0.39, 0.29) is 11.8 Å². The standard InChI is InChI=1S/C14H13BrCl2N2O/c1-6-10-9(3-4-18-14(6)20)19(2)13-11(10)7(15)5-8(16)12(13)17/h5-6H,3-4H2,1-2H3,(H,18,20). The van der Waals surface area contributed by atoms with E-state index >= 15 is 0 Å². The quantitative estimate of drug-likeness (QED) is 0.693. The van der Waals surface area contributed by atoms with E-state index in [4.69, 9.17) is 23.2 Å². The highest BCUT2D eigenvalue weighted by Gasteiger charge is 2.29. The zero-order valence-electron chi connectivity index (χ0n) is 11.1. The van der Waals surface area contributed by atoms with Crippen LogP contribution in [0.4, 0.5) is 0 Å². The fourth-order valence-electron chi connectivity index (χ4n) is 2.97. The number of nitrogens with one attached hydrogen (secondary N) is 1. The Balaban J connectivity index is 2.48. The van der Waals surface area contributed by atoms with Gasteiger partial charge in [0.1, 0.15) is 0 Å². The van der Waals surface area contributed by atoms with Crippen LogP contribution in [0.5, 0.6) is 0 Å². The summed E-state index contributed by atoms with van der Waals surface area (Å²) in [6.07, 6.45) is 0.789. The Morgan fingerprint density at radius 3 is 2.85 bits per heavy atom. The molecule has 0 saturated carbocycles. The molecule has 6 heteroatoms. The summed E-state index contributed by atoms with van der Waals surface area (Å²) in [5, 5.41) is 4.97. The lowest BCUT2D eigenvalue weighted by molar-refractivity contribution is -0.121. The highest BCUT2D eigenvalue weighted by atomic mass is 79.9. The lowest BCUT2D eigenvalue weighted by atomic mass is 9.97. The van der Waals surface area contributed by atoms with Crippen molar-refractivity contribution in [3.63, 3.8) is 0 Å². The van der Waals surface area contributed by atoms with Crippen molar-refractivity contribution in [2.75, 3.05) is 6.54 Å². The number of carbonyl (C=O) groups is 1. The number of aromatic nitrogens is 1. The molecule has 1 amide bonds. The lowest BCUT2D eigenvalue weighted by Gasteiger charge is -2.10. The first-order valence-corrected chi connectivity index (χ1v) is 7.90. The summed E-state index contributed by atoms with van der Waals surface area (Å²) in [5.41, 5.74) is 3.07. The Kier molecular flexibility index (Phi) is 3.51. The molecule has 1 aromatic heterocycles. The van der Waals surface area contributed by atoms with E-state index < -0.39 is 0 Å². The molecular formula is C14H13BrCl2N2O. The molecule has 1 aliphatic rings. The second kappa shape index (κ2) is 4.93. The highest BCUT2D eigenvalue weighted by Crippen LogP contribution is 2.43. The summed E-state index contributed by atoms with van der Waals surface area (Å²) in [5.74, 6) is -0.154. The number of benzene rings is 1. The van der Waals surface area contributed by atoms with Crippen LogP contribution >= 0.6 is 39.1 Å². The van der Waals surface area contributed by atoms with Gasteiger partial charge in [0, 0.05) is 35.6 Å². The molecule has 0 bridgehead atoms. The minimum absolute atomic E-state index is 0.0502. The number of hydrogen-bond acceptors (Lipinski definition) is 1. The number of hydrogen-bond donors (Lipinski definition) is 1. The molecule has 1 N–H and O–H groups in total. The molecule has 0 saturated heterocycles. The number of carbonyl (C=O) groups excluding carboxylic acids is 1. The molecule has 1 unspecified atom stereocenters. The SMILES string of the molecule is CC1C(=O)NCCc2c1c1c(Br)cc(Cl)c(Cl)c1n2C. The molecule has 0 fully saturated rings. The van der Waals surface area contributed by atoms with Crippen molar-refractivity contribution in [2.45, 2.75) is 19.3 Å². The Morgan fingerprint density at radius 2 is 2.15 bits per heavy atom. The maximum Gasteiger partial charge on any atom is 0.227 e. The molecule has 0 spiro atoms. The van der Waals surface area contributed by atoms with E-state index in [0.717, 1.165) is 33.1 Å². The van der Waals surface area contributed by atoms with E-state index in [1.165, 1.54) is 0 Å². The van der Waals surface area contributed by atoms with Crippen LogP contribution in [0.2, 0.25) is 10.0 Å². The van der Waals surface area contributed by atoms with Crippen molar-refractivity contribution in [2.24, 2.45) is 7.05 Å². The topological polar surface area (TPSA) is 34.0 Å². The van der Waals surface area contributed by atoms with Crippen LogP contribution in [0.3, 0.4) is 0 Å². The average molecular weight is 376 g/mol. The summed E-state index contributed by atoms with van der Waals surface area (Å²) < 4.78 is 2.93. The summed E-state index contributed by atoms with van der Waals surface area (Å²) in [4.78, 5) is 12.1. The van der Waals surface area contributed by atoms with E-state index in [1.54, 1.807) is 6.07 Å². The second-order valence-electron chi connectivity index (χ2n) is 5.06. The van der Waals surface area contributed by atoms with Crippen molar-refractivity contribution < 1.29 is 4.79 Å². The fourth-order valence-corrected chi connectivity index (χ4v) is 4.21. The van der Waals surface area contributed by atoms with Gasteiger partial charge in [0.25, 0.3) is 0 Å². The Bertz CT molecular complexity index is 739. The fraction of sp³-hybridized carbons (Fsp3) is 0.357. The van der Waals surface area contributed by atoms with Crippen LogP contribution in [0.25, 0.3) is 10.9 Å². The van der Waals surface area contributed by atoms with E-state index in [1.807, 2.05) is 14.0 Å². The molecule has 20 heavy (non-hydrogen) atoms. The molecule has 1 aromatic carbocycles. The summed E-state index contributed by atoms with van der Waals surface area (Å²) in [6.45, 7) is 2.57. The summed E-state index contributed by atoms with van der Waals surface area (Å²) in [7, 11) is 1.97. The zero-order valence-corrected chi connectivity index (χ0v) is 14.2. The normalized spacial score (nSPS) is 18.9.